The normalized spacial score (nSPS) is 10.3. The predicted molar refractivity (Wildman–Crippen MR) is 62.8 cm³/mol. The fourth-order valence-corrected chi connectivity index (χ4v) is 1.51. The second kappa shape index (κ2) is 5.75. The van der Waals surface area contributed by atoms with Crippen molar-refractivity contribution >= 4 is 17.3 Å². The predicted octanol–water partition coefficient (Wildman–Crippen LogP) is 1.33. The van der Waals surface area contributed by atoms with Crippen LogP contribution >= 0.6 is 11.6 Å². The first-order valence-electron chi connectivity index (χ1n) is 5.03. The highest BCUT2D eigenvalue weighted by molar-refractivity contribution is 6.17. The van der Waals surface area contributed by atoms with Gasteiger partial charge in [0.2, 0.25) is 0 Å². The van der Waals surface area contributed by atoms with Crippen molar-refractivity contribution < 1.29 is 0 Å². The first kappa shape index (κ1) is 12.0. The van der Waals surface area contributed by atoms with Gasteiger partial charge in [0.1, 0.15) is 0 Å². The molecule has 15 heavy (non-hydrogen) atoms. The summed E-state index contributed by atoms with van der Waals surface area (Å²) in [4.78, 5) is 13.6. The molecule has 1 rings (SSSR count). The molecule has 0 unspecified atom stereocenters. The summed E-state index contributed by atoms with van der Waals surface area (Å²) in [5.74, 6) is 0.400. The van der Waals surface area contributed by atoms with Crippen LogP contribution in [0.2, 0.25) is 0 Å². The molecule has 84 valence electrons. The lowest BCUT2D eigenvalue weighted by atomic mass is 10.3. The van der Waals surface area contributed by atoms with Crippen LogP contribution in [0.5, 0.6) is 0 Å². The number of alkyl halides is 1. The largest absolute Gasteiger partial charge is 0.373 e. The molecule has 1 aromatic heterocycles. The Bertz CT molecular complexity index is 364. The van der Waals surface area contributed by atoms with E-state index < -0.39 is 0 Å². The zero-order chi connectivity index (χ0) is 11.3. The fraction of sp³-hybridized carbons (Fsp3) is 0.600. The molecular weight excluding hydrogens is 214 g/mol. The Kier molecular flexibility index (Phi) is 4.62. The number of rotatable bonds is 5. The monoisotopic (exact) mass is 229 g/mol. The molecule has 1 heterocycles. The Morgan fingerprint density at radius 2 is 2.33 bits per heavy atom. The highest BCUT2D eigenvalue weighted by Crippen LogP contribution is 2.06. The second-order valence-corrected chi connectivity index (χ2v) is 3.76. The lowest BCUT2D eigenvalue weighted by molar-refractivity contribution is 0.617. The summed E-state index contributed by atoms with van der Waals surface area (Å²) < 4.78 is 1.37. The van der Waals surface area contributed by atoms with E-state index in [2.05, 4.69) is 12.0 Å². The molecular formula is C10H16ClN3O. The van der Waals surface area contributed by atoms with Crippen molar-refractivity contribution in [2.24, 2.45) is 0 Å². The maximum atomic E-state index is 11.6. The molecule has 0 atom stereocenters. The Hall–Kier alpha value is -1.03. The number of hydrogen-bond acceptors (Lipinski definition) is 3. The number of halogens is 1. The Labute approximate surface area is 94.5 Å². The molecule has 0 saturated carbocycles. The van der Waals surface area contributed by atoms with Gasteiger partial charge in [-0.25, -0.2) is 4.68 Å². The minimum Gasteiger partial charge on any atom is -0.373 e. The topological polar surface area (TPSA) is 38.1 Å². The van der Waals surface area contributed by atoms with Gasteiger partial charge < -0.3 is 4.90 Å². The van der Waals surface area contributed by atoms with E-state index >= 15 is 0 Å². The van der Waals surface area contributed by atoms with E-state index in [9.17, 15) is 4.79 Å². The van der Waals surface area contributed by atoms with Crippen LogP contribution in [0.25, 0.3) is 0 Å². The van der Waals surface area contributed by atoms with Crippen molar-refractivity contribution in [3.8, 4) is 0 Å². The lowest BCUT2D eigenvalue weighted by Crippen LogP contribution is -2.26. The first-order valence-corrected chi connectivity index (χ1v) is 5.56. The molecule has 0 saturated heterocycles. The molecule has 0 radical (unpaired) electrons. The lowest BCUT2D eigenvalue weighted by Gasteiger charge is -2.17. The molecule has 0 fully saturated rings. The molecule has 0 spiro atoms. The van der Waals surface area contributed by atoms with Gasteiger partial charge in [0.15, 0.2) is 0 Å². The summed E-state index contributed by atoms with van der Waals surface area (Å²) in [7, 11) is 1.95. The number of aromatic nitrogens is 2. The summed E-state index contributed by atoms with van der Waals surface area (Å²) in [6.45, 7) is 3.47. The van der Waals surface area contributed by atoms with Crippen LogP contribution in [0.1, 0.15) is 13.3 Å². The van der Waals surface area contributed by atoms with E-state index in [4.69, 9.17) is 11.6 Å². The summed E-state index contributed by atoms with van der Waals surface area (Å²) in [5.41, 5.74) is 0.753. The van der Waals surface area contributed by atoms with Gasteiger partial charge in [-0.1, -0.05) is 6.92 Å². The highest BCUT2D eigenvalue weighted by atomic mass is 35.5. The number of hydrogen-bond donors (Lipinski definition) is 0. The Balaban J connectivity index is 2.86. The van der Waals surface area contributed by atoms with Crippen molar-refractivity contribution in [2.45, 2.75) is 19.9 Å². The standard InChI is InChI=1S/C10H16ClN3O/c1-3-5-13(2)9-7-10(15)14(6-4-11)12-8-9/h7-8H,3-6H2,1-2H3. The Morgan fingerprint density at radius 3 is 2.87 bits per heavy atom. The quantitative estimate of drug-likeness (QED) is 0.715. The minimum atomic E-state index is -0.101. The van der Waals surface area contributed by atoms with Gasteiger partial charge in [0.25, 0.3) is 5.56 Å². The highest BCUT2D eigenvalue weighted by Gasteiger charge is 2.03. The van der Waals surface area contributed by atoms with Gasteiger partial charge in [-0.3, -0.25) is 4.79 Å². The average Bonchev–Trinajstić information content (AvgIpc) is 2.21. The third kappa shape index (κ3) is 3.23. The zero-order valence-corrected chi connectivity index (χ0v) is 9.87. The van der Waals surface area contributed by atoms with Crippen LogP contribution < -0.4 is 10.5 Å². The SMILES string of the molecule is CCCN(C)c1cnn(CCCl)c(=O)c1. The average molecular weight is 230 g/mol. The molecule has 0 aliphatic rings. The van der Waals surface area contributed by atoms with E-state index in [1.807, 2.05) is 11.9 Å². The Morgan fingerprint density at radius 1 is 1.60 bits per heavy atom. The maximum absolute atomic E-state index is 11.6. The molecule has 0 aromatic carbocycles. The molecule has 0 N–H and O–H groups in total. The minimum absolute atomic E-state index is 0.101. The van der Waals surface area contributed by atoms with Crippen LogP contribution in [0.15, 0.2) is 17.1 Å². The van der Waals surface area contributed by atoms with E-state index in [0.29, 0.717) is 12.4 Å². The molecule has 1 aromatic rings. The van der Waals surface area contributed by atoms with Gasteiger partial charge in [-0.05, 0) is 6.42 Å². The van der Waals surface area contributed by atoms with Crippen LogP contribution in [-0.4, -0.2) is 29.3 Å². The maximum Gasteiger partial charge on any atom is 0.268 e. The fourth-order valence-electron chi connectivity index (χ4n) is 1.35. The molecule has 0 aliphatic heterocycles. The number of anilines is 1. The van der Waals surface area contributed by atoms with Gasteiger partial charge in [-0.15, -0.1) is 11.6 Å². The van der Waals surface area contributed by atoms with Crippen LogP contribution in [0.3, 0.4) is 0 Å². The van der Waals surface area contributed by atoms with Crippen molar-refractivity contribution in [2.75, 3.05) is 24.4 Å². The summed E-state index contributed by atoms with van der Waals surface area (Å²) in [6, 6.07) is 1.59. The van der Waals surface area contributed by atoms with Gasteiger partial charge in [0, 0.05) is 25.5 Å². The van der Waals surface area contributed by atoms with Gasteiger partial charge in [0.05, 0.1) is 18.4 Å². The molecule has 5 heteroatoms. The molecule has 0 bridgehead atoms. The van der Waals surface area contributed by atoms with E-state index in [1.165, 1.54) is 4.68 Å². The molecule has 0 aliphatic carbocycles. The van der Waals surface area contributed by atoms with Gasteiger partial charge >= 0.3 is 0 Å². The van der Waals surface area contributed by atoms with Crippen molar-refractivity contribution in [1.29, 1.82) is 0 Å². The first-order chi connectivity index (χ1) is 7.19. The van der Waals surface area contributed by atoms with Crippen molar-refractivity contribution in [3.63, 3.8) is 0 Å². The second-order valence-electron chi connectivity index (χ2n) is 3.39. The van der Waals surface area contributed by atoms with Crippen LogP contribution in [-0.2, 0) is 6.54 Å². The molecule has 0 amide bonds. The van der Waals surface area contributed by atoms with Crippen molar-refractivity contribution in [1.82, 2.24) is 9.78 Å². The van der Waals surface area contributed by atoms with E-state index in [0.717, 1.165) is 18.7 Å². The van der Waals surface area contributed by atoms with E-state index in [-0.39, 0.29) is 5.56 Å². The molecule has 4 nitrogen and oxygen atoms in total. The zero-order valence-electron chi connectivity index (χ0n) is 9.11. The van der Waals surface area contributed by atoms with Crippen LogP contribution in [0, 0.1) is 0 Å². The summed E-state index contributed by atoms with van der Waals surface area (Å²) in [5, 5.41) is 4.05. The van der Waals surface area contributed by atoms with Gasteiger partial charge in [-0.2, -0.15) is 5.10 Å². The summed E-state index contributed by atoms with van der Waals surface area (Å²) >= 11 is 5.55. The van der Waals surface area contributed by atoms with E-state index in [1.54, 1.807) is 12.3 Å². The van der Waals surface area contributed by atoms with Crippen LogP contribution in [0.4, 0.5) is 5.69 Å². The third-order valence-electron chi connectivity index (χ3n) is 2.15. The van der Waals surface area contributed by atoms with Crippen molar-refractivity contribution in [3.05, 3.63) is 22.6 Å². The third-order valence-corrected chi connectivity index (χ3v) is 2.32. The number of aryl methyl sites for hydroxylation is 1. The number of nitrogens with zero attached hydrogens (tertiary/aromatic N) is 3. The smallest absolute Gasteiger partial charge is 0.268 e. The summed E-state index contributed by atoms with van der Waals surface area (Å²) in [6.07, 6.45) is 2.74.